The molecule has 2 aliphatic rings. The maximum atomic E-state index is 14.8. The Balaban J connectivity index is 1.42. The first-order chi connectivity index (χ1) is 10.2. The molecule has 1 saturated carbocycles. The summed E-state index contributed by atoms with van der Waals surface area (Å²) >= 11 is 0. The third-order valence-corrected chi connectivity index (χ3v) is 4.87. The molecule has 21 heavy (non-hydrogen) atoms. The Morgan fingerprint density at radius 1 is 1.24 bits per heavy atom. The van der Waals surface area contributed by atoms with Gasteiger partial charge in [-0.05, 0) is 24.8 Å². The number of β-amino-alcohol motifs (C(OH)–C–C–N with tert-alkyl or cyclic N) is 1. The molecule has 1 aromatic carbocycles. The van der Waals surface area contributed by atoms with Gasteiger partial charge in [0.25, 0.3) is 0 Å². The minimum Gasteiger partial charge on any atom is -0.395 e. The molecule has 2 atom stereocenters. The van der Waals surface area contributed by atoms with Crippen molar-refractivity contribution >= 4 is 0 Å². The van der Waals surface area contributed by atoms with Crippen molar-refractivity contribution in [3.8, 4) is 0 Å². The monoisotopic (exact) mass is 292 g/mol. The maximum Gasteiger partial charge on any atom is 0.125 e. The Morgan fingerprint density at radius 2 is 1.95 bits per heavy atom. The minimum atomic E-state index is -1.07. The van der Waals surface area contributed by atoms with E-state index in [1.54, 1.807) is 0 Å². The molecule has 1 aromatic rings. The van der Waals surface area contributed by atoms with Crippen molar-refractivity contribution in [3.05, 3.63) is 35.9 Å². The van der Waals surface area contributed by atoms with Gasteiger partial charge < -0.3 is 15.3 Å². The molecule has 3 rings (SSSR count). The highest BCUT2D eigenvalue weighted by Crippen LogP contribution is 2.41. The van der Waals surface area contributed by atoms with Crippen LogP contribution in [0.15, 0.2) is 30.3 Å². The lowest BCUT2D eigenvalue weighted by atomic mass is 9.93. The van der Waals surface area contributed by atoms with Gasteiger partial charge in [0.05, 0.1) is 6.61 Å². The van der Waals surface area contributed by atoms with E-state index in [9.17, 15) is 4.39 Å². The quantitative estimate of drug-likeness (QED) is 0.841. The fraction of sp³-hybridized carbons (Fsp3) is 0.647. The molecule has 4 heteroatoms. The van der Waals surface area contributed by atoms with Crippen molar-refractivity contribution < 1.29 is 9.50 Å². The predicted octanol–water partition coefficient (Wildman–Crippen LogP) is 1.93. The summed E-state index contributed by atoms with van der Waals surface area (Å²) in [6.07, 6.45) is 2.27. The molecule has 0 aromatic heterocycles. The normalized spacial score (nSPS) is 28.5. The van der Waals surface area contributed by atoms with Crippen LogP contribution in [0.5, 0.6) is 0 Å². The number of likely N-dealkylation sites (tertiary alicyclic amines) is 1. The van der Waals surface area contributed by atoms with Gasteiger partial charge in [-0.25, -0.2) is 4.39 Å². The Bertz CT molecular complexity index is 445. The molecule has 0 radical (unpaired) electrons. The summed E-state index contributed by atoms with van der Waals surface area (Å²) in [4.78, 5) is 2.14. The van der Waals surface area contributed by atoms with Crippen molar-refractivity contribution in [3.63, 3.8) is 0 Å². The molecule has 3 nitrogen and oxygen atoms in total. The van der Waals surface area contributed by atoms with Gasteiger partial charge in [0.1, 0.15) is 5.67 Å². The smallest absolute Gasteiger partial charge is 0.125 e. The van der Waals surface area contributed by atoms with Crippen molar-refractivity contribution in [2.75, 3.05) is 32.8 Å². The van der Waals surface area contributed by atoms with Crippen molar-refractivity contribution in [2.24, 2.45) is 0 Å². The molecule has 116 valence electrons. The minimum absolute atomic E-state index is 0.165. The first kappa shape index (κ1) is 14.9. The van der Waals surface area contributed by atoms with Gasteiger partial charge in [0, 0.05) is 38.1 Å². The lowest BCUT2D eigenvalue weighted by molar-refractivity contribution is 0.0502. The van der Waals surface area contributed by atoms with Crippen LogP contribution in [-0.2, 0) is 0 Å². The number of nitrogens with zero attached hydrogens (tertiary/aromatic N) is 1. The highest BCUT2D eigenvalue weighted by atomic mass is 19.1. The van der Waals surface area contributed by atoms with Crippen LogP contribution in [-0.4, -0.2) is 54.5 Å². The molecular weight excluding hydrogens is 267 g/mol. The van der Waals surface area contributed by atoms with E-state index in [0.717, 1.165) is 19.5 Å². The van der Waals surface area contributed by atoms with E-state index in [1.165, 1.54) is 5.56 Å². The zero-order valence-electron chi connectivity index (χ0n) is 12.5. The zero-order chi connectivity index (χ0) is 14.7. The third kappa shape index (κ3) is 3.82. The van der Waals surface area contributed by atoms with Gasteiger partial charge in [-0.15, -0.1) is 0 Å². The molecule has 1 heterocycles. The molecule has 0 bridgehead atoms. The van der Waals surface area contributed by atoms with Gasteiger partial charge in [0.15, 0.2) is 0 Å². The highest BCUT2D eigenvalue weighted by molar-refractivity contribution is 5.27. The highest BCUT2D eigenvalue weighted by Gasteiger charge is 2.41. The van der Waals surface area contributed by atoms with Crippen LogP contribution in [0.25, 0.3) is 0 Å². The van der Waals surface area contributed by atoms with Crippen molar-refractivity contribution in [1.82, 2.24) is 10.2 Å². The summed E-state index contributed by atoms with van der Waals surface area (Å²) in [6, 6.07) is 10.9. The summed E-state index contributed by atoms with van der Waals surface area (Å²) < 4.78 is 14.8. The second-order valence-corrected chi connectivity index (χ2v) is 6.46. The maximum absolute atomic E-state index is 14.8. The number of aliphatic hydroxyl groups excluding tert-OH is 1. The molecule has 2 fully saturated rings. The molecule has 0 spiro atoms. The van der Waals surface area contributed by atoms with Crippen LogP contribution in [0.2, 0.25) is 0 Å². The van der Waals surface area contributed by atoms with Crippen LogP contribution >= 0.6 is 0 Å². The summed E-state index contributed by atoms with van der Waals surface area (Å²) in [6.45, 7) is 2.81. The molecule has 1 aliphatic heterocycles. The van der Waals surface area contributed by atoms with E-state index < -0.39 is 5.67 Å². The standard InChI is InChI=1S/C17H25FN2O/c18-17(6-8-20(9-7-17)10-11-21)13-19-16-12-15(16)14-4-2-1-3-5-14/h1-5,15-16,19,21H,6-13H2. The number of rotatable bonds is 6. The molecular formula is C17H25FN2O. The molecule has 2 N–H and O–H groups in total. The number of alkyl halides is 1. The second kappa shape index (κ2) is 6.42. The van der Waals surface area contributed by atoms with Crippen LogP contribution in [0.1, 0.15) is 30.7 Å². The van der Waals surface area contributed by atoms with E-state index in [1.807, 2.05) is 6.07 Å². The molecule has 1 saturated heterocycles. The average molecular weight is 292 g/mol. The lowest BCUT2D eigenvalue weighted by Gasteiger charge is -2.36. The Labute approximate surface area is 126 Å². The van der Waals surface area contributed by atoms with Crippen molar-refractivity contribution in [2.45, 2.75) is 36.9 Å². The van der Waals surface area contributed by atoms with Crippen LogP contribution in [0, 0.1) is 0 Å². The SMILES string of the molecule is OCCN1CCC(F)(CNC2CC2c2ccccc2)CC1. The van der Waals surface area contributed by atoms with Gasteiger partial charge in [-0.3, -0.25) is 0 Å². The Hall–Kier alpha value is -0.970. The van der Waals surface area contributed by atoms with Crippen LogP contribution in [0.4, 0.5) is 4.39 Å². The summed E-state index contributed by atoms with van der Waals surface area (Å²) in [5.74, 6) is 0.560. The van der Waals surface area contributed by atoms with Crippen LogP contribution < -0.4 is 5.32 Å². The van der Waals surface area contributed by atoms with E-state index in [4.69, 9.17) is 5.11 Å². The summed E-state index contributed by atoms with van der Waals surface area (Å²) in [7, 11) is 0. The molecule has 2 unspecified atom stereocenters. The molecule has 1 aliphatic carbocycles. The molecule has 0 amide bonds. The number of aliphatic hydroxyl groups is 1. The summed E-state index contributed by atoms with van der Waals surface area (Å²) in [5, 5.41) is 12.3. The topological polar surface area (TPSA) is 35.5 Å². The number of piperidine rings is 1. The lowest BCUT2D eigenvalue weighted by Crippen LogP contribution is -2.48. The van der Waals surface area contributed by atoms with E-state index in [-0.39, 0.29) is 6.61 Å². The number of hydrogen-bond donors (Lipinski definition) is 2. The van der Waals surface area contributed by atoms with Gasteiger partial charge in [-0.1, -0.05) is 30.3 Å². The largest absolute Gasteiger partial charge is 0.395 e. The van der Waals surface area contributed by atoms with Gasteiger partial charge in [0.2, 0.25) is 0 Å². The predicted molar refractivity (Wildman–Crippen MR) is 82.2 cm³/mol. The Morgan fingerprint density at radius 3 is 2.62 bits per heavy atom. The van der Waals surface area contributed by atoms with E-state index in [2.05, 4.69) is 34.5 Å². The number of halogens is 1. The second-order valence-electron chi connectivity index (χ2n) is 6.46. The van der Waals surface area contributed by atoms with Crippen LogP contribution in [0.3, 0.4) is 0 Å². The van der Waals surface area contributed by atoms with E-state index >= 15 is 0 Å². The fourth-order valence-electron chi connectivity index (χ4n) is 3.30. The van der Waals surface area contributed by atoms with Crippen molar-refractivity contribution in [1.29, 1.82) is 0 Å². The first-order valence-corrected chi connectivity index (χ1v) is 8.01. The zero-order valence-corrected chi connectivity index (χ0v) is 12.5. The third-order valence-electron chi connectivity index (χ3n) is 4.87. The van der Waals surface area contributed by atoms with Gasteiger partial charge in [-0.2, -0.15) is 0 Å². The summed E-state index contributed by atoms with van der Waals surface area (Å²) in [5.41, 5.74) is 0.288. The first-order valence-electron chi connectivity index (χ1n) is 8.01. The Kier molecular flexibility index (Phi) is 4.57. The number of nitrogens with one attached hydrogen (secondary N) is 1. The number of benzene rings is 1. The van der Waals surface area contributed by atoms with Gasteiger partial charge >= 0.3 is 0 Å². The van der Waals surface area contributed by atoms with E-state index in [0.29, 0.717) is 37.9 Å². The fourth-order valence-corrected chi connectivity index (χ4v) is 3.30. The average Bonchev–Trinajstić information content (AvgIpc) is 3.29. The number of hydrogen-bond acceptors (Lipinski definition) is 3.